The summed E-state index contributed by atoms with van der Waals surface area (Å²) in [5.74, 6) is -2.25. The summed E-state index contributed by atoms with van der Waals surface area (Å²) in [7, 11) is 0. The maximum atomic E-state index is 13.6. The number of hydrogen-bond acceptors (Lipinski definition) is 5. The molecule has 0 atom stereocenters. The molecule has 0 saturated heterocycles. The van der Waals surface area contributed by atoms with Crippen LogP contribution in [-0.4, -0.2) is 26.6 Å². The highest BCUT2D eigenvalue weighted by Crippen LogP contribution is 2.43. The average molecular weight is 580 g/mol. The quantitative estimate of drug-likeness (QED) is 0.246. The molecular formula is C22H13ClF7N5O2S. The van der Waals surface area contributed by atoms with Gasteiger partial charge in [-0.2, -0.15) is 18.3 Å². The number of nitrogens with one attached hydrogen (secondary N) is 1. The van der Waals surface area contributed by atoms with Crippen LogP contribution < -0.4 is 11.1 Å². The molecule has 16 heteroatoms. The standard InChI is InChI=1S/C22H13ClF7N5O2S/c23-13-15(18(24)25)34-35(16(13)19(26)27)7-11(36)33-14-12-9(8-4-2-1-3-5-8)6-10(22(28,29)30)32-21(12)38-17(14)20(31)37/h1-6,18-19H,7H2,(H2,31,37)(H,33,36). The van der Waals surface area contributed by atoms with Crippen molar-refractivity contribution in [3.8, 4) is 11.1 Å². The number of thiophene rings is 1. The minimum absolute atomic E-state index is 0.0580. The predicted octanol–water partition coefficient (Wildman–Crippen LogP) is 6.44. The van der Waals surface area contributed by atoms with E-state index in [1.807, 2.05) is 0 Å². The summed E-state index contributed by atoms with van der Waals surface area (Å²) in [5, 5.41) is 4.47. The number of aromatic nitrogens is 3. The lowest BCUT2D eigenvalue weighted by atomic mass is 10.0. The van der Waals surface area contributed by atoms with E-state index in [2.05, 4.69) is 15.4 Å². The van der Waals surface area contributed by atoms with E-state index in [0.29, 0.717) is 11.3 Å². The number of carbonyl (C=O) groups is 2. The number of primary amides is 1. The Balaban J connectivity index is 1.85. The van der Waals surface area contributed by atoms with Gasteiger partial charge in [0, 0.05) is 5.39 Å². The first kappa shape index (κ1) is 27.3. The van der Waals surface area contributed by atoms with Gasteiger partial charge in [0.25, 0.3) is 18.8 Å². The third kappa shape index (κ3) is 5.15. The van der Waals surface area contributed by atoms with Crippen LogP contribution >= 0.6 is 22.9 Å². The second-order valence-corrected chi connectivity index (χ2v) is 9.04. The largest absolute Gasteiger partial charge is 0.433 e. The van der Waals surface area contributed by atoms with Gasteiger partial charge in [-0.1, -0.05) is 41.9 Å². The topological polar surface area (TPSA) is 103 Å². The summed E-state index contributed by atoms with van der Waals surface area (Å²) in [5.41, 5.74) is 1.71. The first-order valence-corrected chi connectivity index (χ1v) is 11.5. The van der Waals surface area contributed by atoms with Gasteiger partial charge in [-0.3, -0.25) is 14.3 Å². The van der Waals surface area contributed by atoms with E-state index in [9.17, 15) is 40.3 Å². The molecule has 3 N–H and O–H groups in total. The molecular weight excluding hydrogens is 567 g/mol. The summed E-state index contributed by atoms with van der Waals surface area (Å²) in [6.45, 7) is -1.05. The van der Waals surface area contributed by atoms with Crippen molar-refractivity contribution < 1.29 is 40.3 Å². The SMILES string of the molecule is NC(=O)c1sc2nc(C(F)(F)F)cc(-c3ccccc3)c2c1NC(=O)Cn1nc(C(F)F)c(Cl)c1C(F)F. The van der Waals surface area contributed by atoms with E-state index < -0.39 is 59.5 Å². The highest BCUT2D eigenvalue weighted by molar-refractivity contribution is 7.21. The molecule has 0 saturated carbocycles. The van der Waals surface area contributed by atoms with Gasteiger partial charge < -0.3 is 11.1 Å². The lowest BCUT2D eigenvalue weighted by molar-refractivity contribution is -0.140. The summed E-state index contributed by atoms with van der Waals surface area (Å²) in [4.78, 5) is 27.9. The van der Waals surface area contributed by atoms with Crippen LogP contribution in [-0.2, 0) is 17.5 Å². The van der Waals surface area contributed by atoms with Gasteiger partial charge in [0.1, 0.15) is 33.3 Å². The molecule has 0 aliphatic rings. The van der Waals surface area contributed by atoms with E-state index in [1.54, 1.807) is 18.2 Å². The number of fused-ring (bicyclic) bond motifs is 1. The van der Waals surface area contributed by atoms with E-state index in [0.717, 1.165) is 6.07 Å². The van der Waals surface area contributed by atoms with E-state index in [-0.39, 0.29) is 36.6 Å². The number of benzene rings is 1. The molecule has 200 valence electrons. The van der Waals surface area contributed by atoms with Gasteiger partial charge in [-0.05, 0) is 17.2 Å². The van der Waals surface area contributed by atoms with Crippen molar-refractivity contribution in [2.24, 2.45) is 5.73 Å². The molecule has 4 aromatic rings. The van der Waals surface area contributed by atoms with E-state index in [1.165, 1.54) is 12.1 Å². The van der Waals surface area contributed by atoms with Crippen molar-refractivity contribution in [3.05, 3.63) is 63.4 Å². The summed E-state index contributed by atoms with van der Waals surface area (Å²) in [6, 6.07) is 8.39. The summed E-state index contributed by atoms with van der Waals surface area (Å²) >= 11 is 6.07. The van der Waals surface area contributed by atoms with Crippen molar-refractivity contribution in [2.45, 2.75) is 25.6 Å². The zero-order chi connectivity index (χ0) is 27.9. The van der Waals surface area contributed by atoms with E-state index >= 15 is 0 Å². The lowest BCUT2D eigenvalue weighted by Crippen LogP contribution is -2.23. The van der Waals surface area contributed by atoms with Crippen molar-refractivity contribution in [2.75, 3.05) is 5.32 Å². The number of carbonyl (C=O) groups excluding carboxylic acids is 2. The second kappa shape index (κ2) is 10.2. The number of amides is 2. The molecule has 0 fully saturated rings. The van der Waals surface area contributed by atoms with Gasteiger partial charge in [0.05, 0.1) is 10.7 Å². The lowest BCUT2D eigenvalue weighted by Gasteiger charge is -2.13. The van der Waals surface area contributed by atoms with Crippen LogP contribution in [0, 0.1) is 0 Å². The monoisotopic (exact) mass is 579 g/mol. The molecule has 4 rings (SSSR count). The normalized spacial score (nSPS) is 12.1. The van der Waals surface area contributed by atoms with Crippen LogP contribution in [0.15, 0.2) is 36.4 Å². The molecule has 0 bridgehead atoms. The Kier molecular flexibility index (Phi) is 7.34. The fraction of sp³-hybridized carbons (Fsp3) is 0.182. The summed E-state index contributed by atoms with van der Waals surface area (Å²) in [6.07, 6.45) is -11.5. The van der Waals surface area contributed by atoms with Crippen LogP contribution in [0.5, 0.6) is 0 Å². The molecule has 0 aliphatic carbocycles. The minimum Gasteiger partial charge on any atom is -0.365 e. The molecule has 3 heterocycles. The number of alkyl halides is 7. The van der Waals surface area contributed by atoms with Crippen LogP contribution in [0.25, 0.3) is 21.3 Å². The second-order valence-electron chi connectivity index (χ2n) is 7.66. The zero-order valence-corrected chi connectivity index (χ0v) is 20.1. The molecule has 38 heavy (non-hydrogen) atoms. The smallest absolute Gasteiger partial charge is 0.365 e. The Bertz CT molecular complexity index is 1540. The molecule has 3 aromatic heterocycles. The molecule has 2 amide bonds. The molecule has 0 radical (unpaired) electrons. The van der Waals surface area contributed by atoms with Crippen LogP contribution in [0.2, 0.25) is 5.02 Å². The predicted molar refractivity (Wildman–Crippen MR) is 124 cm³/mol. The Morgan fingerprint density at radius 3 is 2.32 bits per heavy atom. The van der Waals surface area contributed by atoms with Gasteiger partial charge in [-0.15, -0.1) is 11.3 Å². The molecule has 0 unspecified atom stereocenters. The van der Waals surface area contributed by atoms with Crippen LogP contribution in [0.4, 0.5) is 36.4 Å². The zero-order valence-electron chi connectivity index (χ0n) is 18.5. The maximum absolute atomic E-state index is 13.6. The number of pyridine rings is 1. The summed E-state index contributed by atoms with van der Waals surface area (Å²) < 4.78 is 94.2. The third-order valence-electron chi connectivity index (χ3n) is 5.19. The Labute approximate surface area is 217 Å². The van der Waals surface area contributed by atoms with Crippen molar-refractivity contribution in [1.82, 2.24) is 14.8 Å². The number of hydrogen-bond donors (Lipinski definition) is 2. The number of nitrogens with zero attached hydrogens (tertiary/aromatic N) is 3. The number of halogens is 8. The number of nitrogens with two attached hydrogens (primary N) is 1. The molecule has 0 spiro atoms. The molecule has 0 aliphatic heterocycles. The Morgan fingerprint density at radius 1 is 1.11 bits per heavy atom. The number of rotatable bonds is 7. The Morgan fingerprint density at radius 2 is 1.76 bits per heavy atom. The van der Waals surface area contributed by atoms with Gasteiger partial charge in [0.2, 0.25) is 5.91 Å². The first-order valence-electron chi connectivity index (χ1n) is 10.3. The van der Waals surface area contributed by atoms with Gasteiger partial charge in [-0.25, -0.2) is 22.5 Å². The van der Waals surface area contributed by atoms with Gasteiger partial charge in [0.15, 0.2) is 0 Å². The number of anilines is 1. The first-order chi connectivity index (χ1) is 17.8. The molecule has 7 nitrogen and oxygen atoms in total. The van der Waals surface area contributed by atoms with Gasteiger partial charge >= 0.3 is 6.18 Å². The van der Waals surface area contributed by atoms with E-state index in [4.69, 9.17) is 17.3 Å². The average Bonchev–Trinajstić information content (AvgIpc) is 3.36. The van der Waals surface area contributed by atoms with Crippen molar-refractivity contribution in [3.63, 3.8) is 0 Å². The highest BCUT2D eigenvalue weighted by atomic mass is 35.5. The Hall–Kier alpha value is -3.72. The highest BCUT2D eigenvalue weighted by Gasteiger charge is 2.35. The third-order valence-corrected chi connectivity index (χ3v) is 6.67. The maximum Gasteiger partial charge on any atom is 0.433 e. The van der Waals surface area contributed by atoms with Crippen LogP contribution in [0.3, 0.4) is 0 Å². The van der Waals surface area contributed by atoms with Crippen molar-refractivity contribution >= 4 is 50.7 Å². The minimum atomic E-state index is -4.86. The fourth-order valence-corrected chi connectivity index (χ4v) is 4.94. The van der Waals surface area contributed by atoms with Crippen LogP contribution in [0.1, 0.15) is 39.6 Å². The van der Waals surface area contributed by atoms with Crippen molar-refractivity contribution in [1.29, 1.82) is 0 Å². The fourth-order valence-electron chi connectivity index (χ4n) is 3.64. The molecule has 1 aromatic carbocycles.